The SMILES string of the molecule is CCC(CC)C(=O)N1CCN(c2ccc(Cl)c(C(F)(F)F)c2)CC1. The first-order valence-electron chi connectivity index (χ1n) is 8.18. The van der Waals surface area contributed by atoms with Crippen LogP contribution in [0.15, 0.2) is 18.2 Å². The van der Waals surface area contributed by atoms with Crippen molar-refractivity contribution >= 4 is 23.2 Å². The van der Waals surface area contributed by atoms with E-state index in [1.54, 1.807) is 6.07 Å². The Morgan fingerprint density at radius 1 is 1.17 bits per heavy atom. The van der Waals surface area contributed by atoms with Gasteiger partial charge in [0.15, 0.2) is 0 Å². The number of carbonyl (C=O) groups is 1. The summed E-state index contributed by atoms with van der Waals surface area (Å²) in [7, 11) is 0. The van der Waals surface area contributed by atoms with Crippen molar-refractivity contribution in [1.29, 1.82) is 0 Å². The van der Waals surface area contributed by atoms with Gasteiger partial charge in [0, 0.05) is 37.8 Å². The highest BCUT2D eigenvalue weighted by molar-refractivity contribution is 6.31. The van der Waals surface area contributed by atoms with Crippen LogP contribution >= 0.6 is 11.6 Å². The van der Waals surface area contributed by atoms with E-state index in [1.807, 2.05) is 23.6 Å². The van der Waals surface area contributed by atoms with Crippen LogP contribution in [0, 0.1) is 5.92 Å². The highest BCUT2D eigenvalue weighted by Gasteiger charge is 2.34. The topological polar surface area (TPSA) is 23.6 Å². The lowest BCUT2D eigenvalue weighted by Gasteiger charge is -2.37. The maximum Gasteiger partial charge on any atom is 0.417 e. The Kier molecular flexibility index (Phi) is 6.01. The molecule has 0 unspecified atom stereocenters. The molecular formula is C17H22ClF3N2O. The van der Waals surface area contributed by atoms with Crippen molar-refractivity contribution in [3.63, 3.8) is 0 Å². The largest absolute Gasteiger partial charge is 0.417 e. The van der Waals surface area contributed by atoms with E-state index in [-0.39, 0.29) is 16.8 Å². The summed E-state index contributed by atoms with van der Waals surface area (Å²) in [4.78, 5) is 16.1. The minimum absolute atomic E-state index is 0.0314. The molecule has 1 heterocycles. The van der Waals surface area contributed by atoms with Gasteiger partial charge in [-0.15, -0.1) is 0 Å². The number of amides is 1. The number of alkyl halides is 3. The lowest BCUT2D eigenvalue weighted by Crippen LogP contribution is -2.50. The molecule has 0 bridgehead atoms. The van der Waals surface area contributed by atoms with Gasteiger partial charge in [-0.05, 0) is 31.0 Å². The van der Waals surface area contributed by atoms with Crippen LogP contribution in [0.2, 0.25) is 5.02 Å². The van der Waals surface area contributed by atoms with Crippen LogP contribution in [0.25, 0.3) is 0 Å². The molecule has 1 aromatic rings. The summed E-state index contributed by atoms with van der Waals surface area (Å²) in [5.74, 6) is 0.177. The second-order valence-corrected chi connectivity index (χ2v) is 6.39. The Labute approximate surface area is 145 Å². The minimum Gasteiger partial charge on any atom is -0.368 e. The number of rotatable bonds is 4. The number of hydrogen-bond acceptors (Lipinski definition) is 2. The molecule has 1 aromatic carbocycles. The molecule has 0 atom stereocenters. The standard InChI is InChI=1S/C17H22ClF3N2O/c1-3-12(4-2)16(24)23-9-7-22(8-10-23)13-5-6-15(18)14(11-13)17(19,20)21/h5-6,11-12H,3-4,7-10H2,1-2H3. The molecule has 0 aromatic heterocycles. The molecular weight excluding hydrogens is 341 g/mol. The normalized spacial score (nSPS) is 16.0. The highest BCUT2D eigenvalue weighted by atomic mass is 35.5. The maximum atomic E-state index is 13.0. The van der Waals surface area contributed by atoms with E-state index in [1.165, 1.54) is 6.07 Å². The quantitative estimate of drug-likeness (QED) is 0.790. The number of halogens is 4. The van der Waals surface area contributed by atoms with E-state index in [0.29, 0.717) is 31.9 Å². The predicted octanol–water partition coefficient (Wildman–Crippen LogP) is 4.44. The van der Waals surface area contributed by atoms with Crippen molar-refractivity contribution < 1.29 is 18.0 Å². The Morgan fingerprint density at radius 2 is 1.75 bits per heavy atom. The van der Waals surface area contributed by atoms with E-state index >= 15 is 0 Å². The third kappa shape index (κ3) is 4.15. The van der Waals surface area contributed by atoms with E-state index in [0.717, 1.165) is 18.9 Å². The molecule has 0 N–H and O–H groups in total. The molecule has 1 aliphatic heterocycles. The van der Waals surface area contributed by atoms with E-state index in [9.17, 15) is 18.0 Å². The van der Waals surface area contributed by atoms with Crippen LogP contribution < -0.4 is 4.90 Å². The number of benzene rings is 1. The van der Waals surface area contributed by atoms with Crippen molar-refractivity contribution in [3.8, 4) is 0 Å². The molecule has 1 amide bonds. The fraction of sp³-hybridized carbons (Fsp3) is 0.588. The zero-order valence-corrected chi connectivity index (χ0v) is 14.6. The van der Waals surface area contributed by atoms with Gasteiger partial charge in [-0.3, -0.25) is 4.79 Å². The van der Waals surface area contributed by atoms with Crippen LogP contribution in [-0.4, -0.2) is 37.0 Å². The van der Waals surface area contributed by atoms with Crippen molar-refractivity contribution in [1.82, 2.24) is 4.90 Å². The molecule has 1 saturated heterocycles. The van der Waals surface area contributed by atoms with Gasteiger partial charge >= 0.3 is 6.18 Å². The third-order valence-electron chi connectivity index (χ3n) is 4.55. The van der Waals surface area contributed by atoms with Gasteiger partial charge in [-0.1, -0.05) is 25.4 Å². The van der Waals surface area contributed by atoms with Gasteiger partial charge in [-0.2, -0.15) is 13.2 Å². The van der Waals surface area contributed by atoms with E-state index in [4.69, 9.17) is 11.6 Å². The van der Waals surface area contributed by atoms with Gasteiger partial charge in [0.1, 0.15) is 0 Å². The van der Waals surface area contributed by atoms with Gasteiger partial charge in [0.2, 0.25) is 5.91 Å². The molecule has 7 heteroatoms. The first kappa shape index (κ1) is 18.9. The number of anilines is 1. The maximum absolute atomic E-state index is 13.0. The fourth-order valence-corrected chi connectivity index (χ4v) is 3.23. The summed E-state index contributed by atoms with van der Waals surface area (Å²) in [5.41, 5.74) is -0.335. The molecule has 0 spiro atoms. The van der Waals surface area contributed by atoms with Gasteiger partial charge < -0.3 is 9.80 Å². The van der Waals surface area contributed by atoms with Crippen molar-refractivity contribution in [2.45, 2.75) is 32.9 Å². The second-order valence-electron chi connectivity index (χ2n) is 5.99. The smallest absolute Gasteiger partial charge is 0.368 e. The van der Waals surface area contributed by atoms with Crippen LogP contribution in [0.4, 0.5) is 18.9 Å². The van der Waals surface area contributed by atoms with Gasteiger partial charge in [0.05, 0.1) is 10.6 Å². The monoisotopic (exact) mass is 362 g/mol. The molecule has 0 saturated carbocycles. The summed E-state index contributed by atoms with van der Waals surface area (Å²) in [6, 6.07) is 3.96. The predicted molar refractivity (Wildman–Crippen MR) is 89.3 cm³/mol. The summed E-state index contributed by atoms with van der Waals surface area (Å²) >= 11 is 5.66. The second kappa shape index (κ2) is 7.64. The Morgan fingerprint density at radius 3 is 2.25 bits per heavy atom. The number of carbonyl (C=O) groups excluding carboxylic acids is 1. The number of hydrogen-bond donors (Lipinski definition) is 0. The van der Waals surface area contributed by atoms with Crippen LogP contribution in [-0.2, 0) is 11.0 Å². The summed E-state index contributed by atoms with van der Waals surface area (Å²) < 4.78 is 38.9. The molecule has 1 fully saturated rings. The fourth-order valence-electron chi connectivity index (χ4n) is 3.01. The van der Waals surface area contributed by atoms with Crippen LogP contribution in [0.1, 0.15) is 32.3 Å². The van der Waals surface area contributed by atoms with E-state index < -0.39 is 11.7 Å². The molecule has 2 rings (SSSR count). The zero-order valence-electron chi connectivity index (χ0n) is 13.9. The molecule has 24 heavy (non-hydrogen) atoms. The number of nitrogens with zero attached hydrogens (tertiary/aromatic N) is 2. The first-order chi connectivity index (χ1) is 11.3. The Hall–Kier alpha value is -1.43. The van der Waals surface area contributed by atoms with Crippen LogP contribution in [0.3, 0.4) is 0 Å². The molecule has 3 nitrogen and oxygen atoms in total. The zero-order chi connectivity index (χ0) is 17.9. The van der Waals surface area contributed by atoms with E-state index in [2.05, 4.69) is 0 Å². The minimum atomic E-state index is -4.47. The van der Waals surface area contributed by atoms with Gasteiger partial charge in [0.25, 0.3) is 0 Å². The van der Waals surface area contributed by atoms with Gasteiger partial charge in [-0.25, -0.2) is 0 Å². The summed E-state index contributed by atoms with van der Waals surface area (Å²) in [6.07, 6.45) is -2.86. The van der Waals surface area contributed by atoms with Crippen molar-refractivity contribution in [2.75, 3.05) is 31.1 Å². The average molecular weight is 363 g/mol. The first-order valence-corrected chi connectivity index (χ1v) is 8.56. The Balaban J connectivity index is 2.06. The lowest BCUT2D eigenvalue weighted by atomic mass is 10.0. The summed E-state index contributed by atoms with van der Waals surface area (Å²) in [5, 5.41) is -0.297. The van der Waals surface area contributed by atoms with Crippen molar-refractivity contribution in [2.24, 2.45) is 5.92 Å². The average Bonchev–Trinajstić information content (AvgIpc) is 2.55. The molecule has 134 valence electrons. The lowest BCUT2D eigenvalue weighted by molar-refractivity contribution is -0.137. The molecule has 0 radical (unpaired) electrons. The molecule has 0 aliphatic carbocycles. The summed E-state index contributed by atoms with van der Waals surface area (Å²) in [6.45, 7) is 6.08. The van der Waals surface area contributed by atoms with Crippen LogP contribution in [0.5, 0.6) is 0 Å². The highest BCUT2D eigenvalue weighted by Crippen LogP contribution is 2.37. The third-order valence-corrected chi connectivity index (χ3v) is 4.88. The molecule has 1 aliphatic rings. The number of piperazine rings is 1. The Bertz CT molecular complexity index is 580. The van der Waals surface area contributed by atoms with Crippen molar-refractivity contribution in [3.05, 3.63) is 28.8 Å².